The molecule has 0 atom stereocenters. The summed E-state index contributed by atoms with van der Waals surface area (Å²) >= 11 is 3.32. The monoisotopic (exact) mass is 476 g/mol. The first-order valence-electron chi connectivity index (χ1n) is 7.81. The molecule has 0 radical (unpaired) electrons. The molecule has 0 aliphatic carbocycles. The predicted octanol–water partition coefficient (Wildman–Crippen LogP) is 5.17. The van der Waals surface area contributed by atoms with E-state index in [1.165, 1.54) is 6.07 Å². The summed E-state index contributed by atoms with van der Waals surface area (Å²) in [6, 6.07) is 8.81. The van der Waals surface area contributed by atoms with Crippen LogP contribution in [0.15, 0.2) is 51.8 Å². The normalized spacial score (nSPS) is 12.4. The summed E-state index contributed by atoms with van der Waals surface area (Å²) in [6.45, 7) is 1.77. The van der Waals surface area contributed by atoms with Crippen molar-refractivity contribution in [1.82, 2.24) is 9.78 Å². The number of aryl methyl sites for hydroxylation is 1. The summed E-state index contributed by atoms with van der Waals surface area (Å²) in [7, 11) is -3.81. The highest BCUT2D eigenvalue weighted by molar-refractivity contribution is 9.10. The van der Waals surface area contributed by atoms with Crippen molar-refractivity contribution < 1.29 is 26.0 Å². The molecule has 0 aliphatic heterocycles. The maximum absolute atomic E-state index is 14.3. The van der Waals surface area contributed by atoms with E-state index in [0.717, 1.165) is 39.2 Å². The smallest absolute Gasteiger partial charge is 0.232 e. The van der Waals surface area contributed by atoms with E-state index in [1.807, 2.05) is 0 Å². The predicted molar refractivity (Wildman–Crippen MR) is 99.5 cm³/mol. The maximum Gasteiger partial charge on any atom is 0.435 e. The van der Waals surface area contributed by atoms with Crippen LogP contribution in [-0.2, 0) is 16.0 Å². The van der Waals surface area contributed by atoms with E-state index in [-0.39, 0.29) is 11.3 Å². The Morgan fingerprint density at radius 1 is 1.07 bits per heavy atom. The Hall–Kier alpha value is -2.20. The van der Waals surface area contributed by atoms with Crippen LogP contribution in [-0.4, -0.2) is 24.5 Å². The molecule has 0 amide bonds. The van der Waals surface area contributed by atoms with Gasteiger partial charge in [0.2, 0.25) is 0 Å². The number of hydrogen-bond donors (Lipinski definition) is 0. The second-order valence-electron chi connectivity index (χ2n) is 6.18. The molecule has 148 valence electrons. The van der Waals surface area contributed by atoms with E-state index in [9.17, 15) is 26.0 Å². The fourth-order valence-corrected chi connectivity index (χ4v) is 3.62. The minimum atomic E-state index is -4.70. The summed E-state index contributed by atoms with van der Waals surface area (Å²) in [5, 5.41) is 3.64. The first-order valence-corrected chi connectivity index (χ1v) is 10.5. The summed E-state index contributed by atoms with van der Waals surface area (Å²) in [4.78, 5) is -0.530. The van der Waals surface area contributed by atoms with Gasteiger partial charge in [-0.15, -0.1) is 0 Å². The number of benzene rings is 2. The van der Waals surface area contributed by atoms with Crippen molar-refractivity contribution in [3.05, 3.63) is 64.0 Å². The van der Waals surface area contributed by atoms with Crippen LogP contribution in [0.25, 0.3) is 16.9 Å². The van der Waals surface area contributed by atoms with Gasteiger partial charge < -0.3 is 0 Å². The van der Waals surface area contributed by atoms with Gasteiger partial charge >= 0.3 is 6.18 Å². The summed E-state index contributed by atoms with van der Waals surface area (Å²) < 4.78 is 78.9. The molecule has 1 aromatic heterocycles. The maximum atomic E-state index is 14.3. The van der Waals surface area contributed by atoms with Crippen molar-refractivity contribution in [1.29, 1.82) is 0 Å². The van der Waals surface area contributed by atoms with Crippen LogP contribution in [0.1, 0.15) is 11.3 Å². The third-order valence-electron chi connectivity index (χ3n) is 4.01. The Labute approximate surface area is 166 Å². The lowest BCUT2D eigenvalue weighted by Gasteiger charge is -2.10. The summed E-state index contributed by atoms with van der Waals surface area (Å²) in [6.07, 6.45) is -3.85. The highest BCUT2D eigenvalue weighted by Gasteiger charge is 2.35. The molecular formula is C18H13BrF4N2O2S. The van der Waals surface area contributed by atoms with Gasteiger partial charge in [0.25, 0.3) is 0 Å². The van der Waals surface area contributed by atoms with Crippen molar-refractivity contribution in [2.45, 2.75) is 18.0 Å². The molecule has 3 rings (SSSR count). The highest BCUT2D eigenvalue weighted by atomic mass is 79.9. The van der Waals surface area contributed by atoms with Gasteiger partial charge in [0, 0.05) is 16.3 Å². The minimum absolute atomic E-state index is 0.0204. The zero-order valence-corrected chi connectivity index (χ0v) is 17.0. The van der Waals surface area contributed by atoms with E-state index in [1.54, 1.807) is 25.1 Å². The van der Waals surface area contributed by atoms with Gasteiger partial charge in [0.05, 0.1) is 11.4 Å². The van der Waals surface area contributed by atoms with E-state index in [0.29, 0.717) is 5.69 Å². The number of alkyl halides is 3. The molecule has 28 heavy (non-hydrogen) atoms. The molecule has 0 spiro atoms. The number of sulfone groups is 1. The van der Waals surface area contributed by atoms with Gasteiger partial charge in [0.15, 0.2) is 15.5 Å². The molecule has 10 heteroatoms. The molecular weight excluding hydrogens is 464 g/mol. The van der Waals surface area contributed by atoms with Crippen LogP contribution in [0.3, 0.4) is 0 Å². The molecule has 2 aromatic carbocycles. The third kappa shape index (κ3) is 3.97. The van der Waals surface area contributed by atoms with E-state index in [4.69, 9.17) is 0 Å². The van der Waals surface area contributed by atoms with Crippen molar-refractivity contribution >= 4 is 25.8 Å². The van der Waals surface area contributed by atoms with Gasteiger partial charge in [0.1, 0.15) is 10.7 Å². The lowest BCUT2D eigenvalue weighted by Crippen LogP contribution is -2.07. The standard InChI is InChI=1S/C18H13BrF4N2O2S/c1-10-7-12(4-5-13(10)19)25-15(9-17(24-25)18(21,22)23)11-3-6-16(14(20)8-11)28(2,26)27/h3-9H,1-2H3. The molecule has 0 unspecified atom stereocenters. The van der Waals surface area contributed by atoms with Crippen molar-refractivity contribution in [2.75, 3.05) is 6.26 Å². The zero-order chi connectivity index (χ0) is 20.9. The van der Waals surface area contributed by atoms with Gasteiger partial charge in [-0.1, -0.05) is 22.0 Å². The van der Waals surface area contributed by atoms with Gasteiger partial charge in [-0.2, -0.15) is 18.3 Å². The van der Waals surface area contributed by atoms with Crippen molar-refractivity contribution in [3.63, 3.8) is 0 Å². The molecule has 0 aliphatic rings. The number of aromatic nitrogens is 2. The quantitative estimate of drug-likeness (QED) is 0.490. The molecule has 0 fully saturated rings. The van der Waals surface area contributed by atoms with Gasteiger partial charge in [-0.05, 0) is 48.9 Å². The Kier molecular flexibility index (Phi) is 5.13. The summed E-state index contributed by atoms with van der Waals surface area (Å²) in [5.41, 5.74) is 0.0158. The second kappa shape index (κ2) is 7.00. The Balaban J connectivity index is 2.24. The first-order chi connectivity index (χ1) is 12.9. The average Bonchev–Trinajstić information content (AvgIpc) is 3.01. The van der Waals surface area contributed by atoms with Crippen LogP contribution in [0, 0.1) is 12.7 Å². The summed E-state index contributed by atoms with van der Waals surface area (Å²) in [5.74, 6) is -1.05. The molecule has 0 N–H and O–H groups in total. The largest absolute Gasteiger partial charge is 0.435 e. The zero-order valence-electron chi connectivity index (χ0n) is 14.6. The first kappa shape index (κ1) is 20.5. The Morgan fingerprint density at radius 3 is 2.29 bits per heavy atom. The van der Waals surface area contributed by atoms with E-state index < -0.39 is 32.4 Å². The molecule has 3 aromatic rings. The Bertz CT molecular complexity index is 1170. The van der Waals surface area contributed by atoms with Crippen LogP contribution in [0.5, 0.6) is 0 Å². The SMILES string of the molecule is Cc1cc(-n2nc(C(F)(F)F)cc2-c2ccc(S(C)(=O)=O)c(F)c2)ccc1Br. The molecule has 1 heterocycles. The Morgan fingerprint density at radius 2 is 1.75 bits per heavy atom. The van der Waals surface area contributed by atoms with Crippen molar-refractivity contribution in [3.8, 4) is 16.9 Å². The van der Waals surface area contributed by atoms with Crippen LogP contribution >= 0.6 is 15.9 Å². The molecule has 4 nitrogen and oxygen atoms in total. The highest BCUT2D eigenvalue weighted by Crippen LogP contribution is 2.34. The fourth-order valence-electron chi connectivity index (χ4n) is 2.64. The lowest BCUT2D eigenvalue weighted by atomic mass is 10.1. The second-order valence-corrected chi connectivity index (χ2v) is 9.01. The molecule has 0 saturated carbocycles. The minimum Gasteiger partial charge on any atom is -0.232 e. The van der Waals surface area contributed by atoms with Gasteiger partial charge in [-0.3, -0.25) is 0 Å². The topological polar surface area (TPSA) is 52.0 Å². The van der Waals surface area contributed by atoms with Crippen LogP contribution in [0.4, 0.5) is 17.6 Å². The van der Waals surface area contributed by atoms with Crippen LogP contribution < -0.4 is 0 Å². The number of nitrogens with zero attached hydrogens (tertiary/aromatic N) is 2. The number of rotatable bonds is 3. The average molecular weight is 477 g/mol. The lowest BCUT2D eigenvalue weighted by molar-refractivity contribution is -0.141. The van der Waals surface area contributed by atoms with Gasteiger partial charge in [-0.25, -0.2) is 17.5 Å². The molecule has 0 saturated heterocycles. The van der Waals surface area contributed by atoms with Crippen molar-refractivity contribution in [2.24, 2.45) is 0 Å². The fraction of sp³-hybridized carbons (Fsp3) is 0.167. The third-order valence-corrected chi connectivity index (χ3v) is 6.03. The van der Waals surface area contributed by atoms with E-state index in [2.05, 4.69) is 21.0 Å². The number of hydrogen-bond acceptors (Lipinski definition) is 3. The van der Waals surface area contributed by atoms with E-state index >= 15 is 0 Å². The van der Waals surface area contributed by atoms with Crippen LogP contribution in [0.2, 0.25) is 0 Å². The number of halogens is 5. The molecule has 0 bridgehead atoms.